The molecule has 2 N–H and O–H groups in total. The normalized spacial score (nSPS) is 12.9. The summed E-state index contributed by atoms with van der Waals surface area (Å²) in [6, 6.07) is 2.24. The summed E-state index contributed by atoms with van der Waals surface area (Å²) in [5, 5.41) is 0. The van der Waals surface area contributed by atoms with E-state index < -0.39 is 11.6 Å². The molecule has 0 aromatic heterocycles. The van der Waals surface area contributed by atoms with E-state index >= 15 is 0 Å². The Bertz CT molecular complexity index is 323. The minimum atomic E-state index is -0.818. The van der Waals surface area contributed by atoms with E-state index in [9.17, 15) is 8.78 Å². The zero-order valence-electron chi connectivity index (χ0n) is 8.48. The average molecular weight is 199 g/mol. The van der Waals surface area contributed by atoms with Gasteiger partial charge in [0.2, 0.25) is 0 Å². The fourth-order valence-electron chi connectivity index (χ4n) is 1.47. The van der Waals surface area contributed by atoms with Crippen LogP contribution in [0.2, 0.25) is 0 Å². The van der Waals surface area contributed by atoms with Gasteiger partial charge in [0.15, 0.2) is 11.6 Å². The minimum Gasteiger partial charge on any atom is -0.324 e. The molecule has 0 aliphatic carbocycles. The number of benzene rings is 1. The van der Waals surface area contributed by atoms with E-state index in [-0.39, 0.29) is 6.04 Å². The van der Waals surface area contributed by atoms with E-state index in [1.165, 1.54) is 12.1 Å². The number of rotatable bonds is 3. The molecule has 1 nitrogen and oxygen atoms in total. The molecule has 0 aliphatic heterocycles. The van der Waals surface area contributed by atoms with Crippen LogP contribution in [0.1, 0.15) is 37.4 Å². The van der Waals surface area contributed by atoms with Crippen molar-refractivity contribution in [2.75, 3.05) is 0 Å². The lowest BCUT2D eigenvalue weighted by Gasteiger charge is -2.14. The van der Waals surface area contributed by atoms with Crippen LogP contribution in [0.4, 0.5) is 8.78 Å². The molecule has 0 bridgehead atoms. The fraction of sp³-hybridized carbons (Fsp3) is 0.455. The number of hydrogen-bond donors (Lipinski definition) is 1. The molecule has 0 saturated carbocycles. The Morgan fingerprint density at radius 3 is 2.29 bits per heavy atom. The predicted octanol–water partition coefficient (Wildman–Crippen LogP) is 2.94. The van der Waals surface area contributed by atoms with Crippen LogP contribution in [-0.4, -0.2) is 0 Å². The molecule has 14 heavy (non-hydrogen) atoms. The Hall–Kier alpha value is -0.960. The predicted molar refractivity (Wildman–Crippen MR) is 53.0 cm³/mol. The molecular formula is C11H15F2N. The Balaban J connectivity index is 3.19. The van der Waals surface area contributed by atoms with E-state index in [0.29, 0.717) is 12.0 Å². The van der Waals surface area contributed by atoms with Gasteiger partial charge >= 0.3 is 0 Å². The van der Waals surface area contributed by atoms with Gasteiger partial charge in [-0.25, -0.2) is 8.78 Å². The smallest absolute Gasteiger partial charge is 0.159 e. The summed E-state index contributed by atoms with van der Waals surface area (Å²) in [7, 11) is 0. The summed E-state index contributed by atoms with van der Waals surface area (Å²) in [5.41, 5.74) is 7.31. The third kappa shape index (κ3) is 2.10. The van der Waals surface area contributed by atoms with Crippen LogP contribution < -0.4 is 5.73 Å². The van der Waals surface area contributed by atoms with Gasteiger partial charge in [0, 0.05) is 6.04 Å². The number of nitrogens with two attached hydrogens (primary N) is 1. The maximum absolute atomic E-state index is 13.0. The highest BCUT2D eigenvalue weighted by Gasteiger charge is 2.12. The second-order valence-electron chi connectivity index (χ2n) is 3.33. The largest absolute Gasteiger partial charge is 0.324 e. The number of hydrogen-bond acceptors (Lipinski definition) is 1. The molecule has 0 saturated heterocycles. The van der Waals surface area contributed by atoms with Crippen molar-refractivity contribution < 1.29 is 8.78 Å². The highest BCUT2D eigenvalue weighted by atomic mass is 19.2. The van der Waals surface area contributed by atoms with Gasteiger partial charge in [-0.1, -0.05) is 13.8 Å². The van der Waals surface area contributed by atoms with Gasteiger partial charge in [-0.3, -0.25) is 0 Å². The van der Waals surface area contributed by atoms with Crippen molar-refractivity contribution >= 4 is 0 Å². The van der Waals surface area contributed by atoms with E-state index in [2.05, 4.69) is 0 Å². The molecule has 0 aliphatic rings. The quantitative estimate of drug-likeness (QED) is 0.795. The lowest BCUT2D eigenvalue weighted by atomic mass is 9.97. The van der Waals surface area contributed by atoms with Crippen LogP contribution in [0.15, 0.2) is 12.1 Å². The molecule has 1 aromatic rings. The summed E-state index contributed by atoms with van der Waals surface area (Å²) in [6.07, 6.45) is 1.39. The van der Waals surface area contributed by atoms with E-state index in [4.69, 9.17) is 5.73 Å². The van der Waals surface area contributed by atoms with Gasteiger partial charge in [0.1, 0.15) is 0 Å². The molecule has 0 unspecified atom stereocenters. The van der Waals surface area contributed by atoms with Crippen LogP contribution in [0.25, 0.3) is 0 Å². The van der Waals surface area contributed by atoms with Crippen molar-refractivity contribution in [1.82, 2.24) is 0 Å². The topological polar surface area (TPSA) is 26.0 Å². The highest BCUT2D eigenvalue weighted by Crippen LogP contribution is 2.22. The van der Waals surface area contributed by atoms with Gasteiger partial charge in [0.25, 0.3) is 0 Å². The van der Waals surface area contributed by atoms with Crippen LogP contribution in [-0.2, 0) is 6.42 Å². The molecule has 3 heteroatoms. The zero-order valence-corrected chi connectivity index (χ0v) is 8.48. The molecule has 0 fully saturated rings. The van der Waals surface area contributed by atoms with Crippen LogP contribution in [0.3, 0.4) is 0 Å². The fourth-order valence-corrected chi connectivity index (χ4v) is 1.47. The molecule has 0 radical (unpaired) electrons. The van der Waals surface area contributed by atoms with E-state index in [1.807, 2.05) is 13.8 Å². The average Bonchev–Trinajstić information content (AvgIpc) is 2.20. The third-order valence-electron chi connectivity index (χ3n) is 2.40. The highest BCUT2D eigenvalue weighted by molar-refractivity contribution is 5.31. The second-order valence-corrected chi connectivity index (χ2v) is 3.33. The molecule has 1 atom stereocenters. The minimum absolute atomic E-state index is 0.208. The third-order valence-corrected chi connectivity index (χ3v) is 2.40. The van der Waals surface area contributed by atoms with E-state index in [0.717, 1.165) is 12.0 Å². The van der Waals surface area contributed by atoms with Gasteiger partial charge in [-0.15, -0.1) is 0 Å². The molecule has 0 amide bonds. The zero-order chi connectivity index (χ0) is 10.7. The first-order chi connectivity index (χ1) is 6.60. The molecule has 78 valence electrons. The molecule has 1 aromatic carbocycles. The van der Waals surface area contributed by atoms with E-state index in [1.54, 1.807) is 0 Å². The van der Waals surface area contributed by atoms with Crippen LogP contribution in [0, 0.1) is 11.6 Å². The maximum Gasteiger partial charge on any atom is 0.159 e. The monoisotopic (exact) mass is 199 g/mol. The standard InChI is InChI=1S/C11H15F2N/c1-3-7-5-9(12)10(13)6-8(7)11(14)4-2/h5-6,11H,3-4,14H2,1-2H3/t11-/m0/s1. The maximum atomic E-state index is 13.0. The second kappa shape index (κ2) is 4.51. The Morgan fingerprint density at radius 1 is 1.21 bits per heavy atom. The summed E-state index contributed by atoms with van der Waals surface area (Å²) < 4.78 is 25.9. The summed E-state index contributed by atoms with van der Waals surface area (Å²) in [4.78, 5) is 0. The number of aryl methyl sites for hydroxylation is 1. The van der Waals surface area contributed by atoms with Crippen molar-refractivity contribution in [3.8, 4) is 0 Å². The summed E-state index contributed by atoms with van der Waals surface area (Å²) in [6.45, 7) is 3.82. The van der Waals surface area contributed by atoms with Crippen molar-refractivity contribution in [2.45, 2.75) is 32.7 Å². The van der Waals surface area contributed by atoms with Crippen LogP contribution >= 0.6 is 0 Å². The Labute approximate surface area is 82.9 Å². The van der Waals surface area contributed by atoms with Crippen molar-refractivity contribution in [3.05, 3.63) is 34.9 Å². The summed E-state index contributed by atoms with van der Waals surface area (Å²) in [5.74, 6) is -1.62. The summed E-state index contributed by atoms with van der Waals surface area (Å²) >= 11 is 0. The molecule has 0 spiro atoms. The van der Waals surface area contributed by atoms with Crippen LogP contribution in [0.5, 0.6) is 0 Å². The lowest BCUT2D eigenvalue weighted by Crippen LogP contribution is -2.12. The van der Waals surface area contributed by atoms with Crippen molar-refractivity contribution in [2.24, 2.45) is 5.73 Å². The van der Waals surface area contributed by atoms with Gasteiger partial charge in [0.05, 0.1) is 0 Å². The number of halogens is 2. The lowest BCUT2D eigenvalue weighted by molar-refractivity contribution is 0.502. The molecular weight excluding hydrogens is 184 g/mol. The SMILES string of the molecule is CCc1cc(F)c(F)cc1[C@@H](N)CC. The van der Waals surface area contributed by atoms with Crippen molar-refractivity contribution in [1.29, 1.82) is 0 Å². The first-order valence-corrected chi connectivity index (χ1v) is 4.83. The first-order valence-electron chi connectivity index (χ1n) is 4.83. The molecule has 0 heterocycles. The van der Waals surface area contributed by atoms with Crippen molar-refractivity contribution in [3.63, 3.8) is 0 Å². The van der Waals surface area contributed by atoms with Gasteiger partial charge < -0.3 is 5.73 Å². The first kappa shape index (κ1) is 11.1. The molecule has 1 rings (SSSR count). The Kier molecular flexibility index (Phi) is 3.58. The van der Waals surface area contributed by atoms with Gasteiger partial charge in [-0.2, -0.15) is 0 Å². The Morgan fingerprint density at radius 2 is 1.79 bits per heavy atom. The van der Waals surface area contributed by atoms with Gasteiger partial charge in [-0.05, 0) is 36.1 Å².